The second-order valence-corrected chi connectivity index (χ2v) is 11.2. The first-order chi connectivity index (χ1) is 21.5. The second kappa shape index (κ2) is 12.8. The average Bonchev–Trinajstić information content (AvgIpc) is 3.86. The number of alkyl halides is 3. The summed E-state index contributed by atoms with van der Waals surface area (Å²) in [5, 5.41) is 0. The van der Waals surface area contributed by atoms with Gasteiger partial charge >= 0.3 is 12.1 Å². The maximum absolute atomic E-state index is 16.9. The van der Waals surface area contributed by atoms with Crippen molar-refractivity contribution < 1.29 is 46.1 Å². The largest absolute Gasteiger partial charge is 0.497 e. The number of anilines is 1. The summed E-state index contributed by atoms with van der Waals surface area (Å²) in [7, 11) is 4.15. The molecule has 1 aliphatic carbocycles. The molecule has 0 radical (unpaired) electrons. The number of carbonyl (C=O) groups is 2. The van der Waals surface area contributed by atoms with E-state index in [0.29, 0.717) is 24.3 Å². The minimum Gasteiger partial charge on any atom is -0.497 e. The summed E-state index contributed by atoms with van der Waals surface area (Å²) < 4.78 is 81.9. The van der Waals surface area contributed by atoms with Gasteiger partial charge in [0, 0.05) is 18.7 Å². The van der Waals surface area contributed by atoms with Crippen LogP contribution in [0.3, 0.4) is 0 Å². The zero-order valence-electron chi connectivity index (χ0n) is 25.2. The Hall–Kier alpha value is -4.54. The highest BCUT2D eigenvalue weighted by Crippen LogP contribution is 2.52. The van der Waals surface area contributed by atoms with Crippen LogP contribution in [0.5, 0.6) is 11.5 Å². The minimum atomic E-state index is -4.96. The Balaban J connectivity index is 1.66. The molecular formula is C34H33F4NO6. The summed E-state index contributed by atoms with van der Waals surface area (Å²) in [4.78, 5) is 27.4. The summed E-state index contributed by atoms with van der Waals surface area (Å²) in [6.45, 7) is 1.54. The first-order valence-corrected chi connectivity index (χ1v) is 14.4. The number of Topliss-reactive ketones (excluding diaryl/α,β-unsaturated/α-hetero) is 1. The molecule has 1 heterocycles. The molecule has 0 bridgehead atoms. The third-order valence-electron chi connectivity index (χ3n) is 8.21. The molecule has 0 N–H and O–H groups in total. The highest BCUT2D eigenvalue weighted by Gasteiger charge is 2.51. The van der Waals surface area contributed by atoms with Crippen LogP contribution in [0.4, 0.5) is 23.2 Å². The van der Waals surface area contributed by atoms with Crippen LogP contribution in [0.15, 0.2) is 66.4 Å². The highest BCUT2D eigenvalue weighted by atomic mass is 19.4. The van der Waals surface area contributed by atoms with Crippen molar-refractivity contribution in [1.29, 1.82) is 0 Å². The number of rotatable bonds is 10. The van der Waals surface area contributed by atoms with Crippen LogP contribution in [0.1, 0.15) is 46.8 Å². The van der Waals surface area contributed by atoms with Gasteiger partial charge in [-0.05, 0) is 72.7 Å². The van der Waals surface area contributed by atoms with E-state index in [0.717, 1.165) is 24.5 Å². The number of nitrogens with zero attached hydrogens (tertiary/aromatic N) is 1. The van der Waals surface area contributed by atoms with Gasteiger partial charge in [-0.1, -0.05) is 24.3 Å². The number of halogens is 4. The third kappa shape index (κ3) is 6.62. The van der Waals surface area contributed by atoms with Gasteiger partial charge in [-0.25, -0.2) is 9.18 Å². The normalized spacial score (nSPS) is 18.1. The van der Waals surface area contributed by atoms with Crippen LogP contribution in [0.25, 0.3) is 0 Å². The first kappa shape index (κ1) is 31.9. The van der Waals surface area contributed by atoms with Crippen LogP contribution in [0.2, 0.25) is 0 Å². The molecule has 0 saturated heterocycles. The molecule has 45 heavy (non-hydrogen) atoms. The molecule has 1 aliphatic heterocycles. The van der Waals surface area contributed by atoms with E-state index >= 15 is 4.39 Å². The smallest absolute Gasteiger partial charge is 0.417 e. The van der Waals surface area contributed by atoms with Gasteiger partial charge in [0.25, 0.3) is 0 Å². The number of ketones is 1. The Bertz CT molecular complexity index is 1550. The molecule has 2 unspecified atom stereocenters. The minimum absolute atomic E-state index is 0.0875. The zero-order valence-corrected chi connectivity index (χ0v) is 25.2. The van der Waals surface area contributed by atoms with Crippen LogP contribution in [0, 0.1) is 24.6 Å². The number of aryl methyl sites for hydroxylation is 1. The molecule has 2 atom stereocenters. The molecular weight excluding hydrogens is 594 g/mol. The maximum atomic E-state index is 16.9. The van der Waals surface area contributed by atoms with Gasteiger partial charge in [0.05, 0.1) is 38.5 Å². The lowest BCUT2D eigenvalue weighted by Crippen LogP contribution is -2.35. The van der Waals surface area contributed by atoms with Gasteiger partial charge in [0.15, 0.2) is 11.6 Å². The molecule has 7 nitrogen and oxygen atoms in total. The third-order valence-corrected chi connectivity index (χ3v) is 8.21. The van der Waals surface area contributed by atoms with Crippen molar-refractivity contribution in [2.45, 2.75) is 45.1 Å². The predicted octanol–water partition coefficient (Wildman–Crippen LogP) is 7.10. The molecule has 11 heteroatoms. The lowest BCUT2D eigenvalue weighted by Gasteiger charge is -2.34. The Morgan fingerprint density at radius 2 is 1.47 bits per heavy atom. The summed E-state index contributed by atoms with van der Waals surface area (Å²) in [6.07, 6.45) is -4.69. The van der Waals surface area contributed by atoms with Crippen molar-refractivity contribution >= 4 is 17.4 Å². The number of carbonyl (C=O) groups excluding carboxylic acids is 2. The molecule has 0 amide bonds. The van der Waals surface area contributed by atoms with Crippen molar-refractivity contribution in [3.8, 4) is 11.5 Å². The van der Waals surface area contributed by atoms with E-state index in [2.05, 4.69) is 4.74 Å². The Kier molecular flexibility index (Phi) is 9.08. The summed E-state index contributed by atoms with van der Waals surface area (Å²) >= 11 is 0. The monoisotopic (exact) mass is 627 g/mol. The van der Waals surface area contributed by atoms with Crippen molar-refractivity contribution in [2.75, 3.05) is 26.2 Å². The molecule has 3 aromatic rings. The zero-order chi connectivity index (χ0) is 32.5. The summed E-state index contributed by atoms with van der Waals surface area (Å²) in [6, 6.07) is 15.3. The standard InChI is InChI=1S/C34H33F4NO6/c1-19-15-26(39(16-20-5-11-23(42-2)12-6-20)17-21-7-13-24(43-3)14-8-21)30(35)28(29(19)34(36,37)38)32-27(22-9-10-22)31(40)25(18-45-32)33(41)44-4/h5-8,11-15,18,22,27,32H,9-10,16-17H2,1-4H3. The van der Waals surface area contributed by atoms with Gasteiger partial charge in [-0.2, -0.15) is 13.2 Å². The summed E-state index contributed by atoms with van der Waals surface area (Å²) in [5.41, 5.74) is -1.16. The quantitative estimate of drug-likeness (QED) is 0.135. The van der Waals surface area contributed by atoms with E-state index in [1.165, 1.54) is 27.2 Å². The lowest BCUT2D eigenvalue weighted by atomic mass is 9.80. The number of benzene rings is 3. The van der Waals surface area contributed by atoms with Gasteiger partial charge < -0.3 is 23.8 Å². The van der Waals surface area contributed by atoms with Crippen molar-refractivity contribution in [1.82, 2.24) is 0 Å². The van der Waals surface area contributed by atoms with E-state index in [4.69, 9.17) is 14.2 Å². The highest BCUT2D eigenvalue weighted by molar-refractivity contribution is 6.18. The number of ether oxygens (including phenoxy) is 4. The molecule has 1 saturated carbocycles. The number of hydrogen-bond donors (Lipinski definition) is 0. The Labute approximate surface area is 258 Å². The van der Waals surface area contributed by atoms with Gasteiger partial charge in [-0.15, -0.1) is 0 Å². The average molecular weight is 628 g/mol. The molecule has 3 aromatic carbocycles. The van der Waals surface area contributed by atoms with Crippen LogP contribution in [-0.2, 0) is 38.3 Å². The summed E-state index contributed by atoms with van der Waals surface area (Å²) in [5.74, 6) is -3.15. The first-order valence-electron chi connectivity index (χ1n) is 14.4. The molecule has 1 fully saturated rings. The SMILES string of the molecule is COC(=O)C1=COC(c2c(F)c(N(Cc3ccc(OC)cc3)Cc3ccc(OC)cc3)cc(C)c2C(F)(F)F)C(C2CC2)C1=O. The number of methoxy groups -OCH3 is 3. The van der Waals surface area contributed by atoms with Crippen molar-refractivity contribution in [2.24, 2.45) is 11.8 Å². The van der Waals surface area contributed by atoms with E-state index < -0.39 is 52.5 Å². The van der Waals surface area contributed by atoms with E-state index in [1.54, 1.807) is 53.4 Å². The van der Waals surface area contributed by atoms with E-state index in [9.17, 15) is 22.8 Å². The molecule has 238 valence electrons. The van der Waals surface area contributed by atoms with Gasteiger partial charge in [-0.3, -0.25) is 4.79 Å². The fraction of sp³-hybridized carbons (Fsp3) is 0.353. The predicted molar refractivity (Wildman–Crippen MR) is 157 cm³/mol. The molecule has 2 aliphatic rings. The van der Waals surface area contributed by atoms with E-state index in [-0.39, 0.29) is 30.3 Å². The van der Waals surface area contributed by atoms with Crippen LogP contribution < -0.4 is 14.4 Å². The fourth-order valence-electron chi connectivity index (χ4n) is 5.83. The number of esters is 1. The maximum Gasteiger partial charge on any atom is 0.417 e. The van der Waals surface area contributed by atoms with Crippen LogP contribution in [-0.4, -0.2) is 33.1 Å². The van der Waals surface area contributed by atoms with Crippen molar-refractivity contribution in [3.05, 3.63) is 100 Å². The molecule has 5 rings (SSSR count). The van der Waals surface area contributed by atoms with E-state index in [1.807, 2.05) is 0 Å². The van der Waals surface area contributed by atoms with Gasteiger partial charge in [0.1, 0.15) is 29.4 Å². The fourth-order valence-corrected chi connectivity index (χ4v) is 5.83. The Morgan fingerprint density at radius 3 is 1.91 bits per heavy atom. The molecule has 0 aromatic heterocycles. The molecule has 0 spiro atoms. The van der Waals surface area contributed by atoms with Crippen molar-refractivity contribution in [3.63, 3.8) is 0 Å². The second-order valence-electron chi connectivity index (χ2n) is 11.2. The van der Waals surface area contributed by atoms with Gasteiger partial charge in [0.2, 0.25) is 0 Å². The topological polar surface area (TPSA) is 74.3 Å². The lowest BCUT2D eigenvalue weighted by molar-refractivity contribution is -0.145. The van der Waals surface area contributed by atoms with Crippen LogP contribution >= 0.6 is 0 Å². The Morgan fingerprint density at radius 1 is 0.933 bits per heavy atom. The number of hydrogen-bond acceptors (Lipinski definition) is 7.